The largest absolute Gasteiger partial charge is 0.486 e. The number of hydrogen-bond acceptors (Lipinski definition) is 5. The molecule has 5 heteroatoms. The average Bonchev–Trinajstić information content (AvgIpc) is 2.27. The minimum atomic E-state index is -1.61. The molecule has 0 fully saturated rings. The van der Waals surface area contributed by atoms with Gasteiger partial charge in [-0.15, -0.1) is 0 Å². The molecule has 1 unspecified atom stereocenters. The zero-order valence-electron chi connectivity index (χ0n) is 7.96. The van der Waals surface area contributed by atoms with Crippen molar-refractivity contribution in [2.45, 2.75) is 12.4 Å². The van der Waals surface area contributed by atoms with Gasteiger partial charge in [-0.25, -0.2) is 0 Å². The molecule has 1 aliphatic heterocycles. The Bertz CT molecular complexity index is 350. The van der Waals surface area contributed by atoms with Crippen molar-refractivity contribution in [3.8, 4) is 11.5 Å². The van der Waals surface area contributed by atoms with Crippen LogP contribution in [0.25, 0.3) is 0 Å². The molecule has 0 bridgehead atoms. The Morgan fingerprint density at radius 1 is 1.40 bits per heavy atom. The molecule has 0 saturated carbocycles. The van der Waals surface area contributed by atoms with Crippen LogP contribution in [0.1, 0.15) is 11.9 Å². The summed E-state index contributed by atoms with van der Waals surface area (Å²) >= 11 is 0. The van der Waals surface area contributed by atoms with E-state index >= 15 is 0 Å². The minimum absolute atomic E-state index is 0.171. The lowest BCUT2D eigenvalue weighted by molar-refractivity contribution is -0.0477. The van der Waals surface area contributed by atoms with Crippen molar-refractivity contribution in [2.75, 3.05) is 13.2 Å². The van der Waals surface area contributed by atoms with Crippen LogP contribution < -0.4 is 9.47 Å². The standard InChI is InChI=1S/C10H12O5/c11-4-6-5-14-8-3-1-2-7(10(12)13)9(8)15-6/h1-3,6,10-13H,4-5H2. The van der Waals surface area contributed by atoms with E-state index < -0.39 is 12.4 Å². The zero-order chi connectivity index (χ0) is 10.8. The van der Waals surface area contributed by atoms with E-state index in [9.17, 15) is 0 Å². The molecule has 1 aromatic rings. The highest BCUT2D eigenvalue weighted by molar-refractivity contribution is 5.48. The van der Waals surface area contributed by atoms with Gasteiger partial charge in [-0.2, -0.15) is 0 Å². The van der Waals surface area contributed by atoms with Gasteiger partial charge in [0.2, 0.25) is 0 Å². The van der Waals surface area contributed by atoms with E-state index in [0.717, 1.165) is 0 Å². The van der Waals surface area contributed by atoms with Gasteiger partial charge in [0, 0.05) is 0 Å². The third-order valence-electron chi connectivity index (χ3n) is 2.20. The highest BCUT2D eigenvalue weighted by atomic mass is 16.6. The van der Waals surface area contributed by atoms with Crippen LogP contribution in [0.5, 0.6) is 11.5 Å². The number of aliphatic hydroxyl groups is 3. The summed E-state index contributed by atoms with van der Waals surface area (Å²) in [6, 6.07) is 4.86. The highest BCUT2D eigenvalue weighted by Crippen LogP contribution is 2.37. The fourth-order valence-corrected chi connectivity index (χ4v) is 1.45. The van der Waals surface area contributed by atoms with Crippen LogP contribution in [0.4, 0.5) is 0 Å². The second-order valence-electron chi connectivity index (χ2n) is 3.28. The van der Waals surface area contributed by atoms with Crippen LogP contribution in [0.15, 0.2) is 18.2 Å². The molecule has 0 spiro atoms. The van der Waals surface area contributed by atoms with Crippen LogP contribution >= 0.6 is 0 Å². The molecule has 1 atom stereocenters. The molecule has 0 radical (unpaired) electrons. The van der Waals surface area contributed by atoms with Crippen molar-refractivity contribution in [1.82, 2.24) is 0 Å². The molecule has 82 valence electrons. The van der Waals surface area contributed by atoms with Crippen molar-refractivity contribution < 1.29 is 24.8 Å². The summed E-state index contributed by atoms with van der Waals surface area (Å²) in [6.45, 7) is 0.0871. The molecule has 0 saturated heterocycles. The normalized spacial score (nSPS) is 19.3. The predicted octanol–water partition coefficient (Wildman–Crippen LogP) is -0.198. The smallest absolute Gasteiger partial charge is 0.182 e. The molecule has 0 amide bonds. The number of fused-ring (bicyclic) bond motifs is 1. The first-order valence-electron chi connectivity index (χ1n) is 4.61. The van der Waals surface area contributed by atoms with Gasteiger partial charge in [-0.3, -0.25) is 0 Å². The van der Waals surface area contributed by atoms with Crippen LogP contribution in [0.2, 0.25) is 0 Å². The zero-order valence-corrected chi connectivity index (χ0v) is 7.96. The van der Waals surface area contributed by atoms with Gasteiger partial charge in [0.05, 0.1) is 12.2 Å². The van der Waals surface area contributed by atoms with Crippen molar-refractivity contribution >= 4 is 0 Å². The van der Waals surface area contributed by atoms with E-state index in [1.165, 1.54) is 6.07 Å². The van der Waals surface area contributed by atoms with Crippen LogP contribution in [0, 0.1) is 0 Å². The second kappa shape index (κ2) is 4.06. The van der Waals surface area contributed by atoms with Crippen molar-refractivity contribution in [3.63, 3.8) is 0 Å². The van der Waals surface area contributed by atoms with Crippen LogP contribution in [0.3, 0.4) is 0 Å². The van der Waals surface area contributed by atoms with Gasteiger partial charge in [0.15, 0.2) is 23.9 Å². The first-order chi connectivity index (χ1) is 7.22. The number of aliphatic hydroxyl groups excluding tert-OH is 2. The predicted molar refractivity (Wildman–Crippen MR) is 50.6 cm³/mol. The summed E-state index contributed by atoms with van der Waals surface area (Å²) in [5, 5.41) is 27.1. The lowest BCUT2D eigenvalue weighted by atomic mass is 10.1. The molecule has 15 heavy (non-hydrogen) atoms. The van der Waals surface area contributed by atoms with E-state index in [1.807, 2.05) is 0 Å². The molecular formula is C10H12O5. The maximum atomic E-state index is 9.10. The fraction of sp³-hybridized carbons (Fsp3) is 0.400. The summed E-state index contributed by atoms with van der Waals surface area (Å²) < 4.78 is 10.7. The number of benzene rings is 1. The number of ether oxygens (including phenoxy) is 2. The highest BCUT2D eigenvalue weighted by Gasteiger charge is 2.24. The summed E-state index contributed by atoms with van der Waals surface area (Å²) in [4.78, 5) is 0. The molecule has 0 aliphatic carbocycles. The first-order valence-corrected chi connectivity index (χ1v) is 4.61. The lowest BCUT2D eigenvalue weighted by Gasteiger charge is -2.27. The number of rotatable bonds is 2. The van der Waals surface area contributed by atoms with E-state index in [-0.39, 0.29) is 24.5 Å². The van der Waals surface area contributed by atoms with Gasteiger partial charge < -0.3 is 24.8 Å². The molecule has 0 aromatic heterocycles. The molecule has 2 rings (SSSR count). The lowest BCUT2D eigenvalue weighted by Crippen LogP contribution is -2.32. The van der Waals surface area contributed by atoms with Gasteiger partial charge in [-0.05, 0) is 12.1 Å². The molecular weight excluding hydrogens is 200 g/mol. The molecule has 1 aromatic carbocycles. The number of hydrogen-bond donors (Lipinski definition) is 3. The van der Waals surface area contributed by atoms with Crippen LogP contribution in [-0.4, -0.2) is 34.6 Å². The van der Waals surface area contributed by atoms with Gasteiger partial charge >= 0.3 is 0 Å². The monoisotopic (exact) mass is 212 g/mol. The Morgan fingerprint density at radius 2 is 2.20 bits per heavy atom. The summed E-state index contributed by atoms with van der Waals surface area (Å²) in [5.41, 5.74) is 0.241. The quantitative estimate of drug-likeness (QED) is 0.592. The average molecular weight is 212 g/mol. The van der Waals surface area contributed by atoms with Gasteiger partial charge in [0.25, 0.3) is 0 Å². The summed E-state index contributed by atoms with van der Waals surface area (Å²) in [7, 11) is 0. The minimum Gasteiger partial charge on any atom is -0.486 e. The SMILES string of the molecule is OCC1COc2cccc(C(O)O)c2O1. The molecule has 3 N–H and O–H groups in total. The third kappa shape index (κ3) is 1.90. The number of para-hydroxylation sites is 1. The first kappa shape index (κ1) is 10.2. The maximum Gasteiger partial charge on any atom is 0.182 e. The Labute approximate surface area is 86.5 Å². The Balaban J connectivity index is 2.36. The third-order valence-corrected chi connectivity index (χ3v) is 2.20. The molecule has 5 nitrogen and oxygen atoms in total. The van der Waals surface area contributed by atoms with E-state index in [4.69, 9.17) is 24.8 Å². The van der Waals surface area contributed by atoms with E-state index in [1.54, 1.807) is 12.1 Å². The molecule has 1 aliphatic rings. The fourth-order valence-electron chi connectivity index (χ4n) is 1.45. The Kier molecular flexibility index (Phi) is 2.77. The van der Waals surface area contributed by atoms with Crippen molar-refractivity contribution in [2.24, 2.45) is 0 Å². The Morgan fingerprint density at radius 3 is 2.87 bits per heavy atom. The van der Waals surface area contributed by atoms with Crippen LogP contribution in [-0.2, 0) is 0 Å². The summed E-state index contributed by atoms with van der Waals surface area (Å²) in [5.74, 6) is 0.753. The second-order valence-corrected chi connectivity index (χ2v) is 3.28. The van der Waals surface area contributed by atoms with Crippen molar-refractivity contribution in [3.05, 3.63) is 23.8 Å². The Hall–Kier alpha value is -1.30. The van der Waals surface area contributed by atoms with E-state index in [0.29, 0.717) is 5.75 Å². The maximum absolute atomic E-state index is 9.10. The van der Waals surface area contributed by atoms with E-state index in [2.05, 4.69) is 0 Å². The summed E-state index contributed by atoms with van der Waals surface area (Å²) in [6.07, 6.45) is -2.07. The van der Waals surface area contributed by atoms with Gasteiger partial charge in [0.1, 0.15) is 6.61 Å². The van der Waals surface area contributed by atoms with Crippen molar-refractivity contribution in [1.29, 1.82) is 0 Å². The molecule has 1 heterocycles. The topological polar surface area (TPSA) is 79.2 Å². The van der Waals surface area contributed by atoms with Gasteiger partial charge in [-0.1, -0.05) is 6.07 Å².